The maximum Gasteiger partial charge on any atom is 0.179 e. The third-order valence-corrected chi connectivity index (χ3v) is 2.02. The van der Waals surface area contributed by atoms with Crippen LogP contribution in [0.3, 0.4) is 0 Å². The average molecular weight is 215 g/mol. The van der Waals surface area contributed by atoms with Gasteiger partial charge in [0.05, 0.1) is 6.04 Å². The van der Waals surface area contributed by atoms with Crippen molar-refractivity contribution in [2.75, 3.05) is 12.8 Å². The van der Waals surface area contributed by atoms with E-state index in [1.807, 2.05) is 6.92 Å². The predicted molar refractivity (Wildman–Crippen MR) is 61.0 cm³/mol. The van der Waals surface area contributed by atoms with Gasteiger partial charge < -0.3 is 11.1 Å². The van der Waals surface area contributed by atoms with E-state index in [9.17, 15) is 4.79 Å². The third-order valence-electron chi connectivity index (χ3n) is 2.02. The number of nitrogens with one attached hydrogen (secondary N) is 1. The van der Waals surface area contributed by atoms with Crippen LogP contribution in [0.4, 0.5) is 5.69 Å². The molecule has 1 unspecified atom stereocenters. The van der Waals surface area contributed by atoms with E-state index in [0.29, 0.717) is 11.3 Å². The molecule has 0 bridgehead atoms. The van der Waals surface area contributed by atoms with Gasteiger partial charge in [-0.3, -0.25) is 4.79 Å². The van der Waals surface area contributed by atoms with E-state index in [1.54, 1.807) is 31.3 Å². The van der Waals surface area contributed by atoms with E-state index in [2.05, 4.69) is 5.32 Å². The maximum absolute atomic E-state index is 11.6. The van der Waals surface area contributed by atoms with Gasteiger partial charge in [0.1, 0.15) is 0 Å². The molecule has 3 nitrogen and oxygen atoms in total. The number of hydrogen-bond acceptors (Lipinski definition) is 3. The minimum absolute atomic E-state index is 0. The zero-order chi connectivity index (χ0) is 9.84. The standard InChI is InChI=1S/C10H14N2O.ClH/c1-7(12-2)10(13)8-3-5-9(11)6-4-8;/h3-7,12H,11H2,1-2H3;1H. The summed E-state index contributed by atoms with van der Waals surface area (Å²) in [5.41, 5.74) is 6.87. The molecule has 1 rings (SSSR count). The molecule has 4 heteroatoms. The fourth-order valence-electron chi connectivity index (χ4n) is 1.03. The molecular formula is C10H15ClN2O. The number of Topliss-reactive ketones (excluding diaryl/α,β-unsaturated/α-hetero) is 1. The normalized spacial score (nSPS) is 11.6. The predicted octanol–water partition coefficient (Wildman–Crippen LogP) is 1.48. The second-order valence-electron chi connectivity index (χ2n) is 3.00. The second-order valence-corrected chi connectivity index (χ2v) is 3.00. The summed E-state index contributed by atoms with van der Waals surface area (Å²) in [6, 6.07) is 6.80. The number of hydrogen-bond donors (Lipinski definition) is 2. The van der Waals surface area contributed by atoms with Crippen molar-refractivity contribution in [1.82, 2.24) is 5.32 Å². The number of ketones is 1. The number of rotatable bonds is 3. The lowest BCUT2D eigenvalue weighted by Gasteiger charge is -2.08. The van der Waals surface area contributed by atoms with Crippen LogP contribution in [-0.2, 0) is 0 Å². The van der Waals surface area contributed by atoms with Crippen LogP contribution in [-0.4, -0.2) is 18.9 Å². The molecule has 0 saturated carbocycles. The first-order valence-corrected chi connectivity index (χ1v) is 4.22. The highest BCUT2D eigenvalue weighted by molar-refractivity contribution is 6.00. The highest BCUT2D eigenvalue weighted by Crippen LogP contribution is 2.07. The van der Waals surface area contributed by atoms with Gasteiger partial charge in [0.2, 0.25) is 0 Å². The molecule has 78 valence electrons. The number of carbonyl (C=O) groups is 1. The minimum Gasteiger partial charge on any atom is -0.399 e. The van der Waals surface area contributed by atoms with Crippen molar-refractivity contribution < 1.29 is 4.79 Å². The average Bonchev–Trinajstić information content (AvgIpc) is 2.17. The molecular weight excluding hydrogens is 200 g/mol. The fourth-order valence-corrected chi connectivity index (χ4v) is 1.03. The molecule has 14 heavy (non-hydrogen) atoms. The molecule has 3 N–H and O–H groups in total. The summed E-state index contributed by atoms with van der Waals surface area (Å²) in [7, 11) is 1.76. The molecule has 1 aromatic carbocycles. The Morgan fingerprint density at radius 3 is 2.29 bits per heavy atom. The van der Waals surface area contributed by atoms with Crippen LogP contribution in [0, 0.1) is 0 Å². The van der Waals surface area contributed by atoms with Gasteiger partial charge in [0, 0.05) is 11.3 Å². The highest BCUT2D eigenvalue weighted by Gasteiger charge is 2.11. The number of halogens is 1. The van der Waals surface area contributed by atoms with Gasteiger partial charge in [-0.1, -0.05) is 0 Å². The summed E-state index contributed by atoms with van der Waals surface area (Å²) in [6.07, 6.45) is 0. The Hall–Kier alpha value is -1.06. The van der Waals surface area contributed by atoms with Crippen LogP contribution in [0.15, 0.2) is 24.3 Å². The van der Waals surface area contributed by atoms with Gasteiger partial charge in [0.15, 0.2) is 5.78 Å². The summed E-state index contributed by atoms with van der Waals surface area (Å²) in [5, 5.41) is 2.90. The van der Waals surface area contributed by atoms with Crippen molar-refractivity contribution in [3.63, 3.8) is 0 Å². The van der Waals surface area contributed by atoms with E-state index in [1.165, 1.54) is 0 Å². The Labute approximate surface area is 90.1 Å². The Kier molecular flexibility index (Phi) is 5.20. The van der Waals surface area contributed by atoms with E-state index in [4.69, 9.17) is 5.73 Å². The van der Waals surface area contributed by atoms with E-state index in [0.717, 1.165) is 0 Å². The van der Waals surface area contributed by atoms with E-state index in [-0.39, 0.29) is 24.2 Å². The second kappa shape index (κ2) is 5.62. The zero-order valence-corrected chi connectivity index (χ0v) is 9.10. The number of carbonyl (C=O) groups excluding carboxylic acids is 1. The summed E-state index contributed by atoms with van der Waals surface area (Å²) in [5.74, 6) is 0.0856. The minimum atomic E-state index is -0.149. The fraction of sp³-hybridized carbons (Fsp3) is 0.300. The molecule has 0 spiro atoms. The van der Waals surface area contributed by atoms with Crippen LogP contribution in [0.1, 0.15) is 17.3 Å². The molecule has 0 amide bonds. The van der Waals surface area contributed by atoms with Crippen molar-refractivity contribution in [2.24, 2.45) is 0 Å². The molecule has 0 aliphatic carbocycles. The third kappa shape index (κ3) is 3.01. The molecule has 0 saturated heterocycles. The van der Waals surface area contributed by atoms with Gasteiger partial charge in [-0.25, -0.2) is 0 Å². The van der Waals surface area contributed by atoms with Crippen molar-refractivity contribution in [2.45, 2.75) is 13.0 Å². The van der Waals surface area contributed by atoms with Crippen molar-refractivity contribution in [1.29, 1.82) is 0 Å². The number of benzene rings is 1. The van der Waals surface area contributed by atoms with Gasteiger partial charge in [0.25, 0.3) is 0 Å². The lowest BCUT2D eigenvalue weighted by molar-refractivity contribution is 0.0955. The lowest BCUT2D eigenvalue weighted by Crippen LogP contribution is -2.30. The molecule has 0 aromatic heterocycles. The van der Waals surface area contributed by atoms with Gasteiger partial charge in [-0.15, -0.1) is 12.4 Å². The van der Waals surface area contributed by atoms with Crippen molar-refractivity contribution in [3.05, 3.63) is 29.8 Å². The number of nitrogens with two attached hydrogens (primary N) is 1. The summed E-state index contributed by atoms with van der Waals surface area (Å²) < 4.78 is 0. The van der Waals surface area contributed by atoms with Gasteiger partial charge >= 0.3 is 0 Å². The highest BCUT2D eigenvalue weighted by atomic mass is 35.5. The smallest absolute Gasteiger partial charge is 0.179 e. The number of anilines is 1. The quantitative estimate of drug-likeness (QED) is 0.592. The molecule has 0 radical (unpaired) electrons. The zero-order valence-electron chi connectivity index (χ0n) is 8.28. The van der Waals surface area contributed by atoms with E-state index >= 15 is 0 Å². The molecule has 1 atom stereocenters. The van der Waals surface area contributed by atoms with E-state index < -0.39 is 0 Å². The van der Waals surface area contributed by atoms with Gasteiger partial charge in [-0.2, -0.15) is 0 Å². The molecule has 0 aliphatic heterocycles. The van der Waals surface area contributed by atoms with Crippen LogP contribution in [0.2, 0.25) is 0 Å². The monoisotopic (exact) mass is 214 g/mol. The summed E-state index contributed by atoms with van der Waals surface area (Å²) >= 11 is 0. The van der Waals surface area contributed by atoms with Gasteiger partial charge in [-0.05, 0) is 38.2 Å². The van der Waals surface area contributed by atoms with Crippen LogP contribution >= 0.6 is 12.4 Å². The first kappa shape index (κ1) is 12.9. The molecule has 0 fully saturated rings. The SMILES string of the molecule is CNC(C)C(=O)c1ccc(N)cc1.Cl. The molecule has 0 heterocycles. The molecule has 1 aromatic rings. The summed E-state index contributed by atoms with van der Waals surface area (Å²) in [4.78, 5) is 11.6. The Balaban J connectivity index is 0.00000169. The van der Waals surface area contributed by atoms with Crippen molar-refractivity contribution >= 4 is 23.9 Å². The number of nitrogen functional groups attached to an aromatic ring is 1. The first-order chi connectivity index (χ1) is 6.15. The molecule has 0 aliphatic rings. The summed E-state index contributed by atoms with van der Waals surface area (Å²) in [6.45, 7) is 1.83. The first-order valence-electron chi connectivity index (χ1n) is 4.22. The topological polar surface area (TPSA) is 55.1 Å². The largest absolute Gasteiger partial charge is 0.399 e. The van der Waals surface area contributed by atoms with Crippen LogP contribution < -0.4 is 11.1 Å². The number of likely N-dealkylation sites (N-methyl/N-ethyl adjacent to an activating group) is 1. The van der Waals surface area contributed by atoms with Crippen molar-refractivity contribution in [3.8, 4) is 0 Å². The van der Waals surface area contributed by atoms with Crippen LogP contribution in [0.5, 0.6) is 0 Å². The van der Waals surface area contributed by atoms with Crippen LogP contribution in [0.25, 0.3) is 0 Å². The Bertz CT molecular complexity index is 297. The Morgan fingerprint density at radius 1 is 1.36 bits per heavy atom. The lowest BCUT2D eigenvalue weighted by atomic mass is 10.1. The maximum atomic E-state index is 11.6. The Morgan fingerprint density at radius 2 is 1.86 bits per heavy atom.